The molecule has 4 rings (SSSR count). The zero-order valence-corrected chi connectivity index (χ0v) is 19.2. The standard InChI is InChI=1S/C22H28ClFN6O3/c1-32-12-15-6-14(9-25-15)22(31)30-19-7-16(17(23)10-26-19)18-11-27-20(24)21(29-18)28-8-13-2-4-33-5-3-13/h7,10-11,13-15,25H,2-6,8-9,12H2,1H3,(H,28,29)(H,26,30,31). The molecule has 4 heterocycles. The molecule has 2 aliphatic heterocycles. The van der Waals surface area contributed by atoms with Crippen LogP contribution in [0.4, 0.5) is 16.0 Å². The van der Waals surface area contributed by atoms with E-state index in [2.05, 4.69) is 30.9 Å². The number of pyridine rings is 1. The van der Waals surface area contributed by atoms with Crippen molar-refractivity contribution in [2.75, 3.05) is 50.7 Å². The van der Waals surface area contributed by atoms with Crippen LogP contribution in [-0.2, 0) is 14.3 Å². The quantitative estimate of drug-likeness (QED) is 0.531. The summed E-state index contributed by atoms with van der Waals surface area (Å²) in [5.41, 5.74) is 0.891. The molecule has 2 fully saturated rings. The first kappa shape index (κ1) is 23.7. The number of nitrogens with zero attached hydrogens (tertiary/aromatic N) is 3. The maximum atomic E-state index is 14.3. The molecule has 9 nitrogen and oxygen atoms in total. The van der Waals surface area contributed by atoms with E-state index in [4.69, 9.17) is 21.1 Å². The van der Waals surface area contributed by atoms with Gasteiger partial charge in [0.25, 0.3) is 5.95 Å². The lowest BCUT2D eigenvalue weighted by molar-refractivity contribution is -0.119. The Morgan fingerprint density at radius 1 is 1.33 bits per heavy atom. The number of nitrogens with one attached hydrogen (secondary N) is 3. The Morgan fingerprint density at radius 3 is 2.94 bits per heavy atom. The monoisotopic (exact) mass is 478 g/mol. The molecular formula is C22H28ClFN6O3. The number of aromatic nitrogens is 3. The summed E-state index contributed by atoms with van der Waals surface area (Å²) in [6, 6.07) is 1.78. The highest BCUT2D eigenvalue weighted by molar-refractivity contribution is 6.33. The minimum absolute atomic E-state index is 0.0682. The third-order valence-corrected chi connectivity index (χ3v) is 6.27. The Balaban J connectivity index is 1.45. The molecular weight excluding hydrogens is 451 g/mol. The van der Waals surface area contributed by atoms with Gasteiger partial charge in [-0.05, 0) is 31.2 Å². The summed E-state index contributed by atoms with van der Waals surface area (Å²) in [5.74, 6) is -0.188. The highest BCUT2D eigenvalue weighted by atomic mass is 35.5. The second kappa shape index (κ2) is 11.1. The lowest BCUT2D eigenvalue weighted by Gasteiger charge is -2.22. The third-order valence-electron chi connectivity index (χ3n) is 5.97. The molecule has 0 aliphatic carbocycles. The molecule has 11 heteroatoms. The molecule has 2 saturated heterocycles. The largest absolute Gasteiger partial charge is 0.383 e. The summed E-state index contributed by atoms with van der Waals surface area (Å²) in [4.78, 5) is 25.1. The van der Waals surface area contributed by atoms with Crippen LogP contribution in [0, 0.1) is 17.8 Å². The Bertz CT molecular complexity index is 975. The maximum Gasteiger partial charge on any atom is 0.255 e. The minimum Gasteiger partial charge on any atom is -0.383 e. The van der Waals surface area contributed by atoms with E-state index >= 15 is 0 Å². The Morgan fingerprint density at radius 2 is 2.15 bits per heavy atom. The predicted octanol–water partition coefficient (Wildman–Crippen LogP) is 2.73. The maximum absolute atomic E-state index is 14.3. The Hall–Kier alpha value is -2.40. The van der Waals surface area contributed by atoms with Crippen molar-refractivity contribution in [2.45, 2.75) is 25.3 Å². The second-order valence-electron chi connectivity index (χ2n) is 8.36. The Kier molecular flexibility index (Phi) is 8.02. The van der Waals surface area contributed by atoms with Crippen LogP contribution in [0.5, 0.6) is 0 Å². The van der Waals surface area contributed by atoms with Gasteiger partial charge in [0.1, 0.15) is 5.82 Å². The van der Waals surface area contributed by atoms with Gasteiger partial charge in [0.15, 0.2) is 5.82 Å². The van der Waals surface area contributed by atoms with Gasteiger partial charge in [-0.1, -0.05) is 11.6 Å². The van der Waals surface area contributed by atoms with Crippen LogP contribution in [0.2, 0.25) is 5.02 Å². The van der Waals surface area contributed by atoms with Crippen LogP contribution in [0.25, 0.3) is 11.3 Å². The molecule has 0 aromatic carbocycles. The number of hydrogen-bond donors (Lipinski definition) is 3. The van der Waals surface area contributed by atoms with E-state index in [-0.39, 0.29) is 23.7 Å². The smallest absolute Gasteiger partial charge is 0.255 e. The molecule has 0 radical (unpaired) electrons. The van der Waals surface area contributed by atoms with Crippen LogP contribution >= 0.6 is 11.6 Å². The number of hydrogen-bond acceptors (Lipinski definition) is 8. The molecule has 2 atom stereocenters. The van der Waals surface area contributed by atoms with Crippen LogP contribution in [0.15, 0.2) is 18.5 Å². The summed E-state index contributed by atoms with van der Waals surface area (Å²) in [6.45, 7) is 3.15. The van der Waals surface area contributed by atoms with Gasteiger partial charge in [-0.2, -0.15) is 4.39 Å². The first-order valence-corrected chi connectivity index (χ1v) is 11.4. The van der Waals surface area contributed by atoms with Gasteiger partial charge in [-0.15, -0.1) is 0 Å². The number of halogens is 2. The van der Waals surface area contributed by atoms with Crippen molar-refractivity contribution in [2.24, 2.45) is 11.8 Å². The third kappa shape index (κ3) is 6.14. The van der Waals surface area contributed by atoms with Crippen LogP contribution in [0.1, 0.15) is 19.3 Å². The van der Waals surface area contributed by atoms with Crippen LogP contribution < -0.4 is 16.0 Å². The van der Waals surface area contributed by atoms with E-state index in [0.717, 1.165) is 12.8 Å². The van der Waals surface area contributed by atoms with Gasteiger partial charge in [-0.25, -0.2) is 15.0 Å². The fourth-order valence-electron chi connectivity index (χ4n) is 4.09. The lowest BCUT2D eigenvalue weighted by Crippen LogP contribution is -2.26. The van der Waals surface area contributed by atoms with Crippen molar-refractivity contribution in [1.82, 2.24) is 20.3 Å². The summed E-state index contributed by atoms with van der Waals surface area (Å²) in [6.07, 6.45) is 5.28. The number of ether oxygens (including phenoxy) is 2. The van der Waals surface area contributed by atoms with Crippen molar-refractivity contribution in [3.63, 3.8) is 0 Å². The fourth-order valence-corrected chi connectivity index (χ4v) is 4.29. The van der Waals surface area contributed by atoms with Crippen molar-refractivity contribution >= 4 is 29.1 Å². The second-order valence-corrected chi connectivity index (χ2v) is 8.77. The molecule has 2 unspecified atom stereocenters. The fraction of sp³-hybridized carbons (Fsp3) is 0.545. The number of amides is 1. The average Bonchev–Trinajstić information content (AvgIpc) is 3.30. The lowest BCUT2D eigenvalue weighted by atomic mass is 10.0. The van der Waals surface area contributed by atoms with E-state index < -0.39 is 5.95 Å². The van der Waals surface area contributed by atoms with E-state index in [0.29, 0.717) is 67.3 Å². The first-order chi connectivity index (χ1) is 16.0. The number of rotatable bonds is 8. The molecule has 3 N–H and O–H groups in total. The summed E-state index contributed by atoms with van der Waals surface area (Å²) in [5, 5.41) is 9.50. The molecule has 0 bridgehead atoms. The number of methoxy groups -OCH3 is 1. The van der Waals surface area contributed by atoms with E-state index in [1.54, 1.807) is 13.2 Å². The van der Waals surface area contributed by atoms with Gasteiger partial charge in [-0.3, -0.25) is 4.79 Å². The molecule has 33 heavy (non-hydrogen) atoms. The summed E-state index contributed by atoms with van der Waals surface area (Å²) >= 11 is 6.34. The normalized spacial score (nSPS) is 21.2. The van der Waals surface area contributed by atoms with Gasteiger partial charge < -0.3 is 25.4 Å². The zero-order chi connectivity index (χ0) is 23.2. The van der Waals surface area contributed by atoms with Crippen LogP contribution in [0.3, 0.4) is 0 Å². The average molecular weight is 479 g/mol. The van der Waals surface area contributed by atoms with E-state index in [1.165, 1.54) is 12.4 Å². The highest BCUT2D eigenvalue weighted by Gasteiger charge is 2.29. The van der Waals surface area contributed by atoms with Crippen molar-refractivity contribution in [3.8, 4) is 11.3 Å². The van der Waals surface area contributed by atoms with Gasteiger partial charge in [0.2, 0.25) is 5.91 Å². The topological polar surface area (TPSA) is 110 Å². The SMILES string of the molecule is COCC1CC(C(=O)Nc2cc(-c3cnc(F)c(NCC4CCOCC4)n3)c(Cl)cn2)CN1. The molecule has 2 aromatic heterocycles. The highest BCUT2D eigenvalue weighted by Crippen LogP contribution is 2.29. The molecule has 0 saturated carbocycles. The molecule has 2 aromatic rings. The number of carbonyl (C=O) groups is 1. The van der Waals surface area contributed by atoms with E-state index in [9.17, 15) is 9.18 Å². The van der Waals surface area contributed by atoms with Crippen molar-refractivity contribution < 1.29 is 18.7 Å². The zero-order valence-electron chi connectivity index (χ0n) is 18.4. The minimum atomic E-state index is -0.677. The van der Waals surface area contributed by atoms with Crippen molar-refractivity contribution in [1.29, 1.82) is 0 Å². The first-order valence-electron chi connectivity index (χ1n) is 11.1. The van der Waals surface area contributed by atoms with Crippen molar-refractivity contribution in [3.05, 3.63) is 29.4 Å². The molecule has 1 amide bonds. The summed E-state index contributed by atoms with van der Waals surface area (Å²) < 4.78 is 24.8. The predicted molar refractivity (Wildman–Crippen MR) is 123 cm³/mol. The van der Waals surface area contributed by atoms with E-state index in [1.807, 2.05) is 0 Å². The van der Waals surface area contributed by atoms with Gasteiger partial charge in [0.05, 0.1) is 29.4 Å². The van der Waals surface area contributed by atoms with Crippen LogP contribution in [-0.4, -0.2) is 66.9 Å². The molecule has 178 valence electrons. The summed E-state index contributed by atoms with van der Waals surface area (Å²) in [7, 11) is 1.64. The Labute approximate surface area is 196 Å². The molecule has 0 spiro atoms. The number of carbonyl (C=O) groups excluding carboxylic acids is 1. The number of anilines is 2. The molecule has 2 aliphatic rings. The van der Waals surface area contributed by atoms with Gasteiger partial charge >= 0.3 is 0 Å². The van der Waals surface area contributed by atoms with Gasteiger partial charge in [0, 0.05) is 51.2 Å².